The lowest BCUT2D eigenvalue weighted by Gasteiger charge is -2.20. The van der Waals surface area contributed by atoms with Gasteiger partial charge in [0.2, 0.25) is 0 Å². The van der Waals surface area contributed by atoms with Gasteiger partial charge in [-0.3, -0.25) is 4.79 Å². The molecule has 5 nitrogen and oxygen atoms in total. The van der Waals surface area contributed by atoms with Crippen LogP contribution in [-0.2, 0) is 4.74 Å². The first-order valence-electron chi connectivity index (χ1n) is 6.62. The standard InChI is InChI=1S/C15H19N3O2S/c1-4-7-18(8-9-20-3)15(19)13-12(16)11-10(2)5-6-17-14(11)21-13/h4-6H,1,7-9,16H2,2-3H3. The van der Waals surface area contributed by atoms with Gasteiger partial charge in [0.05, 0.1) is 12.3 Å². The van der Waals surface area contributed by atoms with E-state index in [-0.39, 0.29) is 5.91 Å². The molecule has 0 aliphatic rings. The van der Waals surface area contributed by atoms with E-state index in [1.165, 1.54) is 11.3 Å². The minimum atomic E-state index is -0.105. The van der Waals surface area contributed by atoms with Crippen molar-refractivity contribution in [3.63, 3.8) is 0 Å². The number of hydrogen-bond acceptors (Lipinski definition) is 5. The van der Waals surface area contributed by atoms with Gasteiger partial charge in [-0.05, 0) is 18.6 Å². The van der Waals surface area contributed by atoms with Gasteiger partial charge < -0.3 is 15.4 Å². The van der Waals surface area contributed by atoms with E-state index < -0.39 is 0 Å². The number of amides is 1. The molecule has 6 heteroatoms. The maximum Gasteiger partial charge on any atom is 0.266 e. The number of hydrogen-bond donors (Lipinski definition) is 1. The van der Waals surface area contributed by atoms with Gasteiger partial charge in [-0.1, -0.05) is 6.08 Å². The van der Waals surface area contributed by atoms with Gasteiger partial charge in [-0.15, -0.1) is 17.9 Å². The minimum absolute atomic E-state index is 0.105. The number of carbonyl (C=O) groups excluding carboxylic acids is 1. The van der Waals surface area contributed by atoms with Crippen molar-refractivity contribution < 1.29 is 9.53 Å². The minimum Gasteiger partial charge on any atom is -0.397 e. The van der Waals surface area contributed by atoms with Crippen molar-refractivity contribution >= 4 is 33.1 Å². The first-order chi connectivity index (χ1) is 10.1. The average Bonchev–Trinajstić information content (AvgIpc) is 2.81. The Morgan fingerprint density at radius 2 is 2.38 bits per heavy atom. The first kappa shape index (κ1) is 15.5. The molecular formula is C15H19N3O2S. The smallest absolute Gasteiger partial charge is 0.266 e. The Morgan fingerprint density at radius 1 is 1.62 bits per heavy atom. The number of nitrogens with two attached hydrogens (primary N) is 1. The van der Waals surface area contributed by atoms with E-state index in [4.69, 9.17) is 10.5 Å². The van der Waals surface area contributed by atoms with Crippen LogP contribution in [-0.4, -0.2) is 42.6 Å². The number of nitrogens with zero attached hydrogens (tertiary/aromatic N) is 2. The number of anilines is 1. The molecule has 0 fully saturated rings. The molecule has 0 aromatic carbocycles. The molecule has 2 N–H and O–H groups in total. The number of fused-ring (bicyclic) bond motifs is 1. The second-order valence-corrected chi connectivity index (χ2v) is 5.68. The fourth-order valence-corrected chi connectivity index (χ4v) is 3.25. The van der Waals surface area contributed by atoms with Gasteiger partial charge in [0.15, 0.2) is 0 Å². The summed E-state index contributed by atoms with van der Waals surface area (Å²) in [6.07, 6.45) is 3.43. The summed E-state index contributed by atoms with van der Waals surface area (Å²) >= 11 is 1.33. The first-order valence-corrected chi connectivity index (χ1v) is 7.44. The highest BCUT2D eigenvalue weighted by molar-refractivity contribution is 7.21. The molecule has 0 radical (unpaired) electrons. The van der Waals surface area contributed by atoms with E-state index >= 15 is 0 Å². The summed E-state index contributed by atoms with van der Waals surface area (Å²) in [4.78, 5) is 20.0. The third kappa shape index (κ3) is 3.06. The number of aromatic nitrogens is 1. The quantitative estimate of drug-likeness (QED) is 0.832. The SMILES string of the molecule is C=CCN(CCOC)C(=O)c1sc2nccc(C)c2c1N. The molecule has 0 atom stereocenters. The molecule has 0 spiro atoms. The third-order valence-electron chi connectivity index (χ3n) is 3.23. The predicted octanol–water partition coefficient (Wildman–Crippen LogP) is 2.46. The summed E-state index contributed by atoms with van der Waals surface area (Å²) in [6.45, 7) is 7.09. The van der Waals surface area contributed by atoms with E-state index in [2.05, 4.69) is 11.6 Å². The maximum atomic E-state index is 12.7. The summed E-state index contributed by atoms with van der Waals surface area (Å²) in [5, 5.41) is 0.871. The number of rotatable bonds is 6. The van der Waals surface area contributed by atoms with Crippen LogP contribution >= 0.6 is 11.3 Å². The Bertz CT molecular complexity index is 666. The van der Waals surface area contributed by atoms with E-state index in [9.17, 15) is 4.79 Å². The molecular weight excluding hydrogens is 286 g/mol. The van der Waals surface area contributed by atoms with Gasteiger partial charge in [0.1, 0.15) is 9.71 Å². The molecule has 1 amide bonds. The Labute approximate surface area is 128 Å². The predicted molar refractivity (Wildman–Crippen MR) is 86.7 cm³/mol. The fraction of sp³-hybridized carbons (Fsp3) is 0.333. The Kier molecular flexibility index (Phi) is 4.93. The largest absolute Gasteiger partial charge is 0.397 e. The van der Waals surface area contributed by atoms with Gasteiger partial charge in [0, 0.05) is 31.8 Å². The van der Waals surface area contributed by atoms with E-state index in [1.807, 2.05) is 13.0 Å². The van der Waals surface area contributed by atoms with Crippen molar-refractivity contribution in [2.45, 2.75) is 6.92 Å². The molecule has 112 valence electrons. The van der Waals surface area contributed by atoms with Gasteiger partial charge in [-0.25, -0.2) is 4.98 Å². The van der Waals surface area contributed by atoms with Gasteiger partial charge >= 0.3 is 0 Å². The Hall–Kier alpha value is -1.92. The average molecular weight is 305 g/mol. The number of pyridine rings is 1. The fourth-order valence-electron chi connectivity index (χ4n) is 2.14. The van der Waals surface area contributed by atoms with Crippen LogP contribution in [0.25, 0.3) is 10.2 Å². The molecule has 0 saturated heterocycles. The van der Waals surface area contributed by atoms with E-state index in [1.54, 1.807) is 24.3 Å². The second-order valence-electron chi connectivity index (χ2n) is 4.69. The molecule has 2 heterocycles. The van der Waals surface area contributed by atoms with Crippen LogP contribution in [0.1, 0.15) is 15.2 Å². The highest BCUT2D eigenvalue weighted by atomic mass is 32.1. The number of carbonyl (C=O) groups is 1. The number of thiophene rings is 1. The molecule has 2 aromatic heterocycles. The van der Waals surface area contributed by atoms with E-state index in [0.29, 0.717) is 30.3 Å². The van der Waals surface area contributed by atoms with Crippen molar-refractivity contribution in [2.24, 2.45) is 0 Å². The van der Waals surface area contributed by atoms with Crippen molar-refractivity contribution in [3.05, 3.63) is 35.4 Å². The molecule has 0 saturated carbocycles. The normalized spacial score (nSPS) is 10.8. The van der Waals surface area contributed by atoms with Crippen LogP contribution < -0.4 is 5.73 Å². The van der Waals surface area contributed by atoms with E-state index in [0.717, 1.165) is 15.8 Å². The van der Waals surface area contributed by atoms with Crippen molar-refractivity contribution in [1.82, 2.24) is 9.88 Å². The zero-order chi connectivity index (χ0) is 15.4. The maximum absolute atomic E-state index is 12.7. The lowest BCUT2D eigenvalue weighted by atomic mass is 10.1. The molecule has 0 unspecified atom stereocenters. The van der Waals surface area contributed by atoms with Gasteiger partial charge in [-0.2, -0.15) is 0 Å². The number of methoxy groups -OCH3 is 1. The molecule has 0 aliphatic carbocycles. The number of aryl methyl sites for hydroxylation is 1. The third-order valence-corrected chi connectivity index (χ3v) is 4.34. The number of nitrogen functional groups attached to an aromatic ring is 1. The Morgan fingerprint density at radius 3 is 3.00 bits per heavy atom. The van der Waals surface area contributed by atoms with Crippen molar-refractivity contribution in [1.29, 1.82) is 0 Å². The highest BCUT2D eigenvalue weighted by Gasteiger charge is 2.22. The summed E-state index contributed by atoms with van der Waals surface area (Å²) in [7, 11) is 1.61. The zero-order valence-electron chi connectivity index (χ0n) is 12.3. The Balaban J connectivity index is 2.39. The summed E-state index contributed by atoms with van der Waals surface area (Å²) in [6, 6.07) is 1.89. The monoisotopic (exact) mass is 305 g/mol. The zero-order valence-corrected chi connectivity index (χ0v) is 13.1. The molecule has 2 rings (SSSR count). The van der Waals surface area contributed by atoms with Crippen LogP contribution in [0.3, 0.4) is 0 Å². The highest BCUT2D eigenvalue weighted by Crippen LogP contribution is 2.34. The lowest BCUT2D eigenvalue weighted by molar-refractivity contribution is 0.0724. The molecule has 0 bridgehead atoms. The van der Waals surface area contributed by atoms with Crippen LogP contribution in [0.5, 0.6) is 0 Å². The summed E-state index contributed by atoms with van der Waals surface area (Å²) < 4.78 is 5.04. The van der Waals surface area contributed by atoms with Crippen LogP contribution in [0, 0.1) is 6.92 Å². The second kappa shape index (κ2) is 6.69. The van der Waals surface area contributed by atoms with Crippen molar-refractivity contribution in [3.8, 4) is 0 Å². The molecule has 0 aliphatic heterocycles. The molecule has 2 aromatic rings. The summed E-state index contributed by atoms with van der Waals surface area (Å²) in [5.41, 5.74) is 7.71. The van der Waals surface area contributed by atoms with Gasteiger partial charge in [0.25, 0.3) is 5.91 Å². The topological polar surface area (TPSA) is 68.5 Å². The van der Waals surface area contributed by atoms with Crippen LogP contribution in [0.15, 0.2) is 24.9 Å². The molecule has 21 heavy (non-hydrogen) atoms. The van der Waals surface area contributed by atoms with Crippen molar-refractivity contribution in [2.75, 3.05) is 32.5 Å². The van der Waals surface area contributed by atoms with Crippen LogP contribution in [0.2, 0.25) is 0 Å². The summed E-state index contributed by atoms with van der Waals surface area (Å²) in [5.74, 6) is -0.105. The van der Waals surface area contributed by atoms with Crippen LogP contribution in [0.4, 0.5) is 5.69 Å². The number of ether oxygens (including phenoxy) is 1. The lowest BCUT2D eigenvalue weighted by Crippen LogP contribution is -2.33.